The Balaban J connectivity index is 3.01. The summed E-state index contributed by atoms with van der Waals surface area (Å²) >= 11 is 0. The van der Waals surface area contributed by atoms with Crippen LogP contribution >= 0.6 is 0 Å². The first kappa shape index (κ1) is 6.22. The Morgan fingerprint density at radius 1 is 1.89 bits per heavy atom. The summed E-state index contributed by atoms with van der Waals surface area (Å²) in [7, 11) is 1.60. The average molecular weight is 130 g/mol. The average Bonchev–Trinajstić information content (AvgIpc) is 2.10. The Bertz CT molecular complexity index is 209. The number of aliphatic hydroxyl groups excluding tert-OH is 1. The van der Waals surface area contributed by atoms with Gasteiger partial charge in [0.2, 0.25) is 0 Å². The Labute approximate surface area is 51.7 Å². The molecule has 3 nitrogen and oxygen atoms in total. The summed E-state index contributed by atoms with van der Waals surface area (Å²) in [6, 6.07) is 0. The number of hydrogen-bond acceptors (Lipinski definition) is 2. The van der Waals surface area contributed by atoms with Crippen molar-refractivity contribution >= 4 is 0 Å². The lowest BCUT2D eigenvalue weighted by molar-refractivity contribution is 0.270. The first-order chi connectivity index (χ1) is 4.24. The highest BCUT2D eigenvalue weighted by molar-refractivity contribution is 5.00. The summed E-state index contributed by atoms with van der Waals surface area (Å²) in [5, 5.41) is 12.0. The molecule has 1 rings (SSSR count). The molecule has 0 amide bonds. The van der Waals surface area contributed by atoms with Gasteiger partial charge in [0.15, 0.2) is 5.82 Å². The Morgan fingerprint density at radius 2 is 2.56 bits per heavy atom. The van der Waals surface area contributed by atoms with Crippen LogP contribution in [-0.4, -0.2) is 14.9 Å². The highest BCUT2D eigenvalue weighted by atomic mass is 19.1. The van der Waals surface area contributed by atoms with E-state index in [1.165, 1.54) is 10.9 Å². The molecule has 0 aliphatic heterocycles. The topological polar surface area (TPSA) is 38.0 Å². The third-order valence-corrected chi connectivity index (χ3v) is 1.00. The molecular weight excluding hydrogens is 123 g/mol. The van der Waals surface area contributed by atoms with Gasteiger partial charge in [0.1, 0.15) is 5.69 Å². The van der Waals surface area contributed by atoms with E-state index in [2.05, 4.69) is 5.10 Å². The van der Waals surface area contributed by atoms with E-state index in [9.17, 15) is 4.39 Å². The first-order valence-corrected chi connectivity index (χ1v) is 2.53. The van der Waals surface area contributed by atoms with E-state index >= 15 is 0 Å². The molecule has 4 heteroatoms. The normalized spacial score (nSPS) is 10.1. The van der Waals surface area contributed by atoms with Crippen LogP contribution in [0.3, 0.4) is 0 Å². The third-order valence-electron chi connectivity index (χ3n) is 1.00. The second-order valence-electron chi connectivity index (χ2n) is 1.76. The number of rotatable bonds is 1. The van der Waals surface area contributed by atoms with E-state index in [0.29, 0.717) is 0 Å². The van der Waals surface area contributed by atoms with Gasteiger partial charge in [0.25, 0.3) is 0 Å². The molecule has 0 aliphatic rings. The summed E-state index contributed by atoms with van der Waals surface area (Å²) in [5.74, 6) is -0.458. The minimum absolute atomic E-state index is 0.0949. The van der Waals surface area contributed by atoms with Gasteiger partial charge in [-0.05, 0) is 0 Å². The molecule has 0 unspecified atom stereocenters. The van der Waals surface area contributed by atoms with Crippen LogP contribution in [0.2, 0.25) is 0 Å². The zero-order chi connectivity index (χ0) is 6.85. The highest BCUT2D eigenvalue weighted by Crippen LogP contribution is 2.01. The van der Waals surface area contributed by atoms with E-state index in [1.54, 1.807) is 7.05 Å². The lowest BCUT2D eigenvalue weighted by Crippen LogP contribution is -1.90. The molecule has 50 valence electrons. The second-order valence-corrected chi connectivity index (χ2v) is 1.76. The predicted molar refractivity (Wildman–Crippen MR) is 29.1 cm³/mol. The van der Waals surface area contributed by atoms with Crippen LogP contribution in [0.4, 0.5) is 4.39 Å². The first-order valence-electron chi connectivity index (χ1n) is 2.53. The highest BCUT2D eigenvalue weighted by Gasteiger charge is 2.03. The molecule has 0 bridgehead atoms. The molecule has 1 aromatic rings. The summed E-state index contributed by atoms with van der Waals surface area (Å²) in [6.45, 7) is -0.341. The molecule has 0 saturated heterocycles. The molecule has 0 radical (unpaired) electrons. The summed E-state index contributed by atoms with van der Waals surface area (Å²) in [5.41, 5.74) is 0.0949. The molecule has 0 saturated carbocycles. The van der Waals surface area contributed by atoms with Gasteiger partial charge in [-0.3, -0.25) is 4.68 Å². The van der Waals surface area contributed by atoms with Crippen molar-refractivity contribution in [2.24, 2.45) is 7.05 Å². The Kier molecular flexibility index (Phi) is 1.48. The van der Waals surface area contributed by atoms with E-state index in [0.717, 1.165) is 0 Å². The van der Waals surface area contributed by atoms with Crippen LogP contribution in [0.15, 0.2) is 6.20 Å². The molecule has 0 atom stereocenters. The smallest absolute Gasteiger partial charge is 0.166 e. The summed E-state index contributed by atoms with van der Waals surface area (Å²) < 4.78 is 13.7. The fourth-order valence-corrected chi connectivity index (χ4v) is 0.613. The monoisotopic (exact) mass is 130 g/mol. The largest absolute Gasteiger partial charge is 0.390 e. The van der Waals surface area contributed by atoms with E-state index in [4.69, 9.17) is 5.11 Å². The van der Waals surface area contributed by atoms with Crippen molar-refractivity contribution in [1.82, 2.24) is 9.78 Å². The quantitative estimate of drug-likeness (QED) is 0.583. The number of nitrogens with zero attached hydrogens (tertiary/aromatic N) is 2. The molecule has 0 aromatic carbocycles. The van der Waals surface area contributed by atoms with Gasteiger partial charge in [0, 0.05) is 7.05 Å². The standard InChI is InChI=1S/C5H7FN2O/c1-8-2-4(6)5(3-9)7-8/h2,9H,3H2,1H3. The second kappa shape index (κ2) is 2.14. The lowest BCUT2D eigenvalue weighted by Gasteiger charge is -1.83. The van der Waals surface area contributed by atoms with Crippen LogP contribution in [0, 0.1) is 5.82 Å². The molecule has 1 aromatic heterocycles. The Hall–Kier alpha value is -0.900. The van der Waals surface area contributed by atoms with Crippen molar-refractivity contribution in [2.75, 3.05) is 0 Å². The number of aromatic nitrogens is 2. The maximum absolute atomic E-state index is 12.4. The maximum atomic E-state index is 12.4. The van der Waals surface area contributed by atoms with E-state index in [1.807, 2.05) is 0 Å². The van der Waals surface area contributed by atoms with Crippen LogP contribution in [0.5, 0.6) is 0 Å². The maximum Gasteiger partial charge on any atom is 0.166 e. The van der Waals surface area contributed by atoms with Gasteiger partial charge in [0.05, 0.1) is 12.8 Å². The van der Waals surface area contributed by atoms with Crippen LogP contribution in [0.25, 0.3) is 0 Å². The molecule has 0 fully saturated rings. The van der Waals surface area contributed by atoms with E-state index in [-0.39, 0.29) is 12.3 Å². The van der Waals surface area contributed by atoms with Gasteiger partial charge >= 0.3 is 0 Å². The van der Waals surface area contributed by atoms with Crippen LogP contribution < -0.4 is 0 Å². The summed E-state index contributed by atoms with van der Waals surface area (Å²) in [4.78, 5) is 0. The third kappa shape index (κ3) is 1.08. The van der Waals surface area contributed by atoms with E-state index < -0.39 is 5.82 Å². The van der Waals surface area contributed by atoms with Gasteiger partial charge in [-0.15, -0.1) is 0 Å². The fourth-order valence-electron chi connectivity index (χ4n) is 0.613. The molecule has 1 N–H and O–H groups in total. The molecular formula is C5H7FN2O. The number of halogens is 1. The Morgan fingerprint density at radius 3 is 2.78 bits per heavy atom. The minimum Gasteiger partial charge on any atom is -0.390 e. The van der Waals surface area contributed by atoms with Crippen molar-refractivity contribution in [3.8, 4) is 0 Å². The fraction of sp³-hybridized carbons (Fsp3) is 0.400. The molecule has 9 heavy (non-hydrogen) atoms. The van der Waals surface area contributed by atoms with Gasteiger partial charge < -0.3 is 5.11 Å². The van der Waals surface area contributed by atoms with Crippen molar-refractivity contribution in [2.45, 2.75) is 6.61 Å². The number of aliphatic hydroxyl groups is 1. The van der Waals surface area contributed by atoms with Crippen LogP contribution in [0.1, 0.15) is 5.69 Å². The van der Waals surface area contributed by atoms with Crippen LogP contribution in [-0.2, 0) is 13.7 Å². The molecule has 0 spiro atoms. The molecule has 1 heterocycles. The van der Waals surface area contributed by atoms with Crippen molar-refractivity contribution in [3.63, 3.8) is 0 Å². The number of aryl methyl sites for hydroxylation is 1. The molecule has 0 aliphatic carbocycles. The zero-order valence-corrected chi connectivity index (χ0v) is 5.00. The summed E-state index contributed by atoms with van der Waals surface area (Å²) in [6.07, 6.45) is 1.21. The van der Waals surface area contributed by atoms with Gasteiger partial charge in [-0.2, -0.15) is 5.10 Å². The predicted octanol–water partition coefficient (Wildman–Crippen LogP) is 0.0515. The zero-order valence-electron chi connectivity index (χ0n) is 5.00. The van der Waals surface area contributed by atoms with Gasteiger partial charge in [-0.25, -0.2) is 4.39 Å². The van der Waals surface area contributed by atoms with Crippen molar-refractivity contribution in [3.05, 3.63) is 17.7 Å². The van der Waals surface area contributed by atoms with Gasteiger partial charge in [-0.1, -0.05) is 0 Å². The van der Waals surface area contributed by atoms with Crippen molar-refractivity contribution in [1.29, 1.82) is 0 Å². The minimum atomic E-state index is -0.458. The lowest BCUT2D eigenvalue weighted by atomic mass is 10.4. The SMILES string of the molecule is Cn1cc(F)c(CO)n1. The number of hydrogen-bond donors (Lipinski definition) is 1. The van der Waals surface area contributed by atoms with Crippen molar-refractivity contribution < 1.29 is 9.50 Å².